The second-order valence-electron chi connectivity index (χ2n) is 3.24. The van der Waals surface area contributed by atoms with E-state index in [9.17, 15) is 0 Å². The molecule has 3 saturated carbocycles. The van der Waals surface area contributed by atoms with E-state index in [0.717, 1.165) is 5.92 Å². The Hall–Kier alpha value is -0.0800. The quantitative estimate of drug-likeness (QED) is 0.380. The van der Waals surface area contributed by atoms with Gasteiger partial charge >= 0.3 is 0 Å². The molecule has 0 radical (unpaired) electrons. The van der Waals surface area contributed by atoms with Gasteiger partial charge in [-0.25, -0.2) is 0 Å². The van der Waals surface area contributed by atoms with Gasteiger partial charge in [-0.15, -0.1) is 0 Å². The summed E-state index contributed by atoms with van der Waals surface area (Å²) in [4.78, 5) is 0. The van der Waals surface area contributed by atoms with Crippen LogP contribution in [0.4, 0.5) is 0 Å². The summed E-state index contributed by atoms with van der Waals surface area (Å²) < 4.78 is 0. The third kappa shape index (κ3) is 0.400. The highest BCUT2D eigenvalue weighted by atomic mass is 15.3. The van der Waals surface area contributed by atoms with Crippen LogP contribution >= 0.6 is 0 Å². The van der Waals surface area contributed by atoms with E-state index < -0.39 is 0 Å². The Kier molecular flexibility index (Phi) is 0.746. The number of rotatable bonds is 1. The van der Waals surface area contributed by atoms with Crippen LogP contribution in [0.1, 0.15) is 25.7 Å². The van der Waals surface area contributed by atoms with Crippen LogP contribution in [0.3, 0.4) is 0 Å². The van der Waals surface area contributed by atoms with Crippen molar-refractivity contribution in [1.82, 2.24) is 5.43 Å². The molecule has 3 aliphatic rings. The predicted octanol–water partition coefficient (Wildman–Crippen LogP) is 0.392. The number of hydrogen-bond donors (Lipinski definition) is 2. The summed E-state index contributed by atoms with van der Waals surface area (Å²) in [6.07, 6.45) is 5.39. The number of nitrogens with two attached hydrogens (primary N) is 1. The number of nitrogens with one attached hydrogen (secondary N) is 1. The van der Waals surface area contributed by atoms with Gasteiger partial charge in [0, 0.05) is 5.54 Å². The molecule has 0 atom stereocenters. The van der Waals surface area contributed by atoms with E-state index in [1.54, 1.807) is 0 Å². The molecular weight excluding hydrogens is 100 g/mol. The first-order valence-electron chi connectivity index (χ1n) is 3.32. The van der Waals surface area contributed by atoms with Crippen LogP contribution in [-0.4, -0.2) is 5.54 Å². The highest BCUT2D eigenvalue weighted by Crippen LogP contribution is 2.51. The van der Waals surface area contributed by atoms with Gasteiger partial charge < -0.3 is 0 Å². The molecule has 3 N–H and O–H groups in total. The Balaban J connectivity index is 2.09. The summed E-state index contributed by atoms with van der Waals surface area (Å²) in [5.41, 5.74) is 3.31. The maximum atomic E-state index is 5.36. The summed E-state index contributed by atoms with van der Waals surface area (Å²) in [6, 6.07) is 0. The summed E-state index contributed by atoms with van der Waals surface area (Å²) in [7, 11) is 0. The zero-order chi connectivity index (χ0) is 5.61. The van der Waals surface area contributed by atoms with Gasteiger partial charge in [-0.1, -0.05) is 0 Å². The number of hydrogen-bond acceptors (Lipinski definition) is 2. The molecule has 0 amide bonds. The zero-order valence-corrected chi connectivity index (χ0v) is 4.98. The highest BCUT2D eigenvalue weighted by Gasteiger charge is 2.49. The topological polar surface area (TPSA) is 38.0 Å². The average molecular weight is 112 g/mol. The molecule has 0 aromatic carbocycles. The molecule has 0 aromatic rings. The van der Waals surface area contributed by atoms with Gasteiger partial charge in [0.2, 0.25) is 0 Å². The third-order valence-electron chi connectivity index (χ3n) is 2.70. The SMILES string of the molecule is NNC12CCC(C1)C2. The van der Waals surface area contributed by atoms with Gasteiger partial charge in [0.25, 0.3) is 0 Å². The van der Waals surface area contributed by atoms with E-state index in [2.05, 4.69) is 5.43 Å². The minimum absolute atomic E-state index is 0.407. The summed E-state index contributed by atoms with van der Waals surface area (Å²) in [6.45, 7) is 0. The maximum Gasteiger partial charge on any atom is 0.0326 e. The molecule has 0 aromatic heterocycles. The molecule has 3 aliphatic carbocycles. The highest BCUT2D eigenvalue weighted by molar-refractivity contribution is 5.06. The van der Waals surface area contributed by atoms with Gasteiger partial charge in [0.15, 0.2) is 0 Å². The van der Waals surface area contributed by atoms with Gasteiger partial charge in [0.1, 0.15) is 0 Å². The lowest BCUT2D eigenvalue weighted by atomic mass is 9.78. The first kappa shape index (κ1) is 4.77. The Morgan fingerprint density at radius 1 is 1.50 bits per heavy atom. The molecule has 3 fully saturated rings. The fraction of sp³-hybridized carbons (Fsp3) is 1.00. The smallest absolute Gasteiger partial charge is 0.0326 e. The molecule has 8 heavy (non-hydrogen) atoms. The monoisotopic (exact) mass is 112 g/mol. The van der Waals surface area contributed by atoms with Crippen molar-refractivity contribution in [3.63, 3.8) is 0 Å². The van der Waals surface area contributed by atoms with Crippen molar-refractivity contribution in [1.29, 1.82) is 0 Å². The Morgan fingerprint density at radius 3 is 2.50 bits per heavy atom. The van der Waals surface area contributed by atoms with Crippen LogP contribution < -0.4 is 11.3 Å². The minimum Gasteiger partial charge on any atom is -0.271 e. The predicted molar refractivity (Wildman–Crippen MR) is 32.0 cm³/mol. The number of hydrazine groups is 1. The van der Waals surface area contributed by atoms with Crippen molar-refractivity contribution in [2.75, 3.05) is 0 Å². The zero-order valence-electron chi connectivity index (χ0n) is 4.98. The largest absolute Gasteiger partial charge is 0.271 e. The second kappa shape index (κ2) is 1.25. The summed E-state index contributed by atoms with van der Waals surface area (Å²) in [5.74, 6) is 6.38. The van der Waals surface area contributed by atoms with Crippen LogP contribution in [0.25, 0.3) is 0 Å². The van der Waals surface area contributed by atoms with Crippen molar-refractivity contribution in [3.8, 4) is 0 Å². The first-order chi connectivity index (χ1) is 3.85. The molecule has 0 spiro atoms. The van der Waals surface area contributed by atoms with E-state index in [1.165, 1.54) is 25.7 Å². The van der Waals surface area contributed by atoms with Crippen LogP contribution in [0, 0.1) is 5.92 Å². The summed E-state index contributed by atoms with van der Waals surface area (Å²) in [5, 5.41) is 0. The van der Waals surface area contributed by atoms with Crippen LogP contribution in [0.15, 0.2) is 0 Å². The second-order valence-corrected chi connectivity index (χ2v) is 3.24. The Labute approximate surface area is 49.4 Å². The fourth-order valence-electron chi connectivity index (χ4n) is 2.12. The van der Waals surface area contributed by atoms with Crippen molar-refractivity contribution >= 4 is 0 Å². The lowest BCUT2D eigenvalue weighted by Gasteiger charge is -2.37. The van der Waals surface area contributed by atoms with Gasteiger partial charge in [-0.05, 0) is 31.6 Å². The molecule has 0 unspecified atom stereocenters. The lowest BCUT2D eigenvalue weighted by molar-refractivity contribution is 0.192. The molecule has 2 nitrogen and oxygen atoms in total. The molecule has 2 bridgehead atoms. The summed E-state index contributed by atoms with van der Waals surface area (Å²) >= 11 is 0. The van der Waals surface area contributed by atoms with Crippen LogP contribution in [0.2, 0.25) is 0 Å². The Morgan fingerprint density at radius 2 is 2.25 bits per heavy atom. The molecule has 0 heterocycles. The molecule has 2 heteroatoms. The van der Waals surface area contributed by atoms with Crippen molar-refractivity contribution in [2.24, 2.45) is 11.8 Å². The van der Waals surface area contributed by atoms with Crippen LogP contribution in [0.5, 0.6) is 0 Å². The van der Waals surface area contributed by atoms with E-state index in [-0.39, 0.29) is 0 Å². The molecule has 46 valence electrons. The van der Waals surface area contributed by atoms with E-state index in [0.29, 0.717) is 5.54 Å². The van der Waals surface area contributed by atoms with Gasteiger partial charge in [0.05, 0.1) is 0 Å². The van der Waals surface area contributed by atoms with Crippen molar-refractivity contribution in [3.05, 3.63) is 0 Å². The lowest BCUT2D eigenvalue weighted by Crippen LogP contribution is -2.52. The molecule has 0 aliphatic heterocycles. The fourth-order valence-corrected chi connectivity index (χ4v) is 2.12. The van der Waals surface area contributed by atoms with E-state index in [4.69, 9.17) is 5.84 Å². The molecule has 0 saturated heterocycles. The van der Waals surface area contributed by atoms with Crippen LogP contribution in [-0.2, 0) is 0 Å². The van der Waals surface area contributed by atoms with Crippen molar-refractivity contribution < 1.29 is 0 Å². The average Bonchev–Trinajstić information content (AvgIpc) is 2.17. The third-order valence-corrected chi connectivity index (χ3v) is 2.70. The van der Waals surface area contributed by atoms with Crippen molar-refractivity contribution in [2.45, 2.75) is 31.2 Å². The minimum atomic E-state index is 0.407. The van der Waals surface area contributed by atoms with E-state index >= 15 is 0 Å². The maximum absolute atomic E-state index is 5.36. The number of fused-ring (bicyclic) bond motifs is 1. The first-order valence-corrected chi connectivity index (χ1v) is 3.32. The van der Waals surface area contributed by atoms with E-state index in [1.807, 2.05) is 0 Å². The normalized spacial score (nSPS) is 51.4. The molecule has 3 rings (SSSR count). The Bertz CT molecular complexity index is 99.6. The van der Waals surface area contributed by atoms with Gasteiger partial charge in [-0.3, -0.25) is 11.3 Å². The molecular formula is C6H12N2. The van der Waals surface area contributed by atoms with Gasteiger partial charge in [-0.2, -0.15) is 0 Å². The standard InChI is InChI=1S/C6H12N2/c7-8-6-2-1-5(3-6)4-6/h5,8H,1-4,7H2.